The molecule has 2 aliphatic rings. The van der Waals surface area contributed by atoms with E-state index >= 15 is 0 Å². The summed E-state index contributed by atoms with van der Waals surface area (Å²) in [6.07, 6.45) is 3.39. The minimum Gasteiger partial charge on any atom is -0.497 e. The molecule has 6 rings (SSSR count). The van der Waals surface area contributed by atoms with Crippen LogP contribution in [0.5, 0.6) is 5.75 Å². The first-order valence-corrected chi connectivity index (χ1v) is 12.7. The van der Waals surface area contributed by atoms with E-state index in [0.717, 1.165) is 38.1 Å². The van der Waals surface area contributed by atoms with Gasteiger partial charge in [-0.1, -0.05) is 54.6 Å². The quantitative estimate of drug-likeness (QED) is 0.425. The van der Waals surface area contributed by atoms with Crippen molar-refractivity contribution in [2.75, 3.05) is 26.7 Å². The normalized spacial score (nSPS) is 24.2. The van der Waals surface area contributed by atoms with Gasteiger partial charge >= 0.3 is 0 Å². The van der Waals surface area contributed by atoms with Gasteiger partial charge in [0.1, 0.15) is 5.75 Å². The molecule has 35 heavy (non-hydrogen) atoms. The van der Waals surface area contributed by atoms with Crippen molar-refractivity contribution in [1.82, 2.24) is 9.88 Å². The summed E-state index contributed by atoms with van der Waals surface area (Å²) in [6, 6.07) is 25.7. The number of hydrogen-bond acceptors (Lipinski definition) is 3. The maximum Gasteiger partial charge on any atom is 0.119 e. The number of likely N-dealkylation sites (tertiary alicyclic amines) is 1. The highest BCUT2D eigenvalue weighted by Crippen LogP contribution is 2.51. The molecule has 1 fully saturated rings. The van der Waals surface area contributed by atoms with E-state index in [-0.39, 0.29) is 5.41 Å². The minimum atomic E-state index is -0.860. The van der Waals surface area contributed by atoms with E-state index in [1.165, 1.54) is 38.9 Å². The Morgan fingerprint density at radius 1 is 1.00 bits per heavy atom. The van der Waals surface area contributed by atoms with Crippen LogP contribution in [0.3, 0.4) is 0 Å². The van der Waals surface area contributed by atoms with Crippen LogP contribution in [-0.2, 0) is 24.7 Å². The Morgan fingerprint density at radius 3 is 2.69 bits per heavy atom. The maximum atomic E-state index is 12.6. The number of H-pyrrole nitrogens is 1. The van der Waals surface area contributed by atoms with Crippen molar-refractivity contribution < 1.29 is 9.84 Å². The van der Waals surface area contributed by atoms with Gasteiger partial charge in [-0.05, 0) is 66.8 Å². The van der Waals surface area contributed by atoms with Gasteiger partial charge in [0.2, 0.25) is 0 Å². The molecule has 4 aromatic rings. The van der Waals surface area contributed by atoms with Crippen LogP contribution in [0.1, 0.15) is 34.4 Å². The summed E-state index contributed by atoms with van der Waals surface area (Å²) in [7, 11) is 1.72. The van der Waals surface area contributed by atoms with Gasteiger partial charge in [-0.3, -0.25) is 0 Å². The number of aromatic amines is 1. The number of methoxy groups -OCH3 is 1. The third kappa shape index (κ3) is 3.76. The predicted octanol–water partition coefficient (Wildman–Crippen LogP) is 5.20. The first-order valence-electron chi connectivity index (χ1n) is 12.7. The van der Waals surface area contributed by atoms with Crippen molar-refractivity contribution >= 4 is 10.9 Å². The highest BCUT2D eigenvalue weighted by Gasteiger charge is 2.57. The number of β-amino-alcohol motifs (C(OH)–C–C–N with tert-alkyl or cyclic N) is 1. The first-order chi connectivity index (χ1) is 17.0. The van der Waals surface area contributed by atoms with Gasteiger partial charge in [-0.25, -0.2) is 0 Å². The highest BCUT2D eigenvalue weighted by atomic mass is 16.5. The van der Waals surface area contributed by atoms with E-state index in [1.54, 1.807) is 7.11 Å². The molecule has 4 nitrogen and oxygen atoms in total. The van der Waals surface area contributed by atoms with Crippen LogP contribution in [0.25, 0.3) is 10.9 Å². The zero-order valence-corrected chi connectivity index (χ0v) is 20.7. The largest absolute Gasteiger partial charge is 0.497 e. The van der Waals surface area contributed by atoms with E-state index in [1.807, 2.05) is 6.07 Å². The van der Waals surface area contributed by atoms with Crippen LogP contribution in [0.15, 0.2) is 72.8 Å². The van der Waals surface area contributed by atoms with E-state index in [9.17, 15) is 5.11 Å². The summed E-state index contributed by atoms with van der Waals surface area (Å²) in [6.45, 7) is 4.74. The fraction of sp³-hybridized carbons (Fsp3) is 0.355. The molecule has 3 aromatic carbocycles. The molecule has 2 heterocycles. The molecule has 180 valence electrons. The number of ether oxygens (including phenoxy) is 1. The Balaban J connectivity index is 1.40. The third-order valence-electron chi connectivity index (χ3n) is 8.51. The number of aromatic nitrogens is 1. The Labute approximate surface area is 207 Å². The van der Waals surface area contributed by atoms with Gasteiger partial charge < -0.3 is 19.7 Å². The fourth-order valence-corrected chi connectivity index (χ4v) is 6.59. The average molecular weight is 467 g/mol. The lowest BCUT2D eigenvalue weighted by molar-refractivity contribution is -0.102. The molecule has 0 amide bonds. The molecule has 1 aliphatic heterocycles. The Kier molecular flexibility index (Phi) is 5.46. The standard InChI is InChI=1S/C31H34N2O2/c1-22-11-12-26-27-19-31(34)21-33(15-13-23-7-4-3-5-8-23)16-14-30(31,20-29(27)32-28(26)17-22)24-9-6-10-25(18-24)35-2/h3-12,17-18,32,34H,13-16,19-21H2,1-2H3. The molecule has 1 aromatic heterocycles. The van der Waals surface area contributed by atoms with Gasteiger partial charge in [0, 0.05) is 47.9 Å². The average Bonchev–Trinajstić information content (AvgIpc) is 3.21. The predicted molar refractivity (Wildman–Crippen MR) is 141 cm³/mol. The maximum absolute atomic E-state index is 12.6. The lowest BCUT2D eigenvalue weighted by Gasteiger charge is -2.56. The number of nitrogens with one attached hydrogen (secondary N) is 1. The van der Waals surface area contributed by atoms with Crippen LogP contribution in [-0.4, -0.2) is 47.3 Å². The number of hydrogen-bond donors (Lipinski definition) is 2. The molecule has 0 bridgehead atoms. The molecule has 0 saturated carbocycles. The SMILES string of the molecule is COc1cccc(C23CCN(CCc4ccccc4)CC2(O)Cc2c([nH]c4cc(C)ccc24)C3)c1. The molecule has 4 heteroatoms. The van der Waals surface area contributed by atoms with Crippen molar-refractivity contribution in [3.63, 3.8) is 0 Å². The van der Waals surface area contributed by atoms with E-state index < -0.39 is 5.60 Å². The molecule has 0 spiro atoms. The molecule has 1 aliphatic carbocycles. The number of piperidine rings is 1. The fourth-order valence-electron chi connectivity index (χ4n) is 6.59. The summed E-state index contributed by atoms with van der Waals surface area (Å²) in [4.78, 5) is 6.20. The second kappa shape index (κ2) is 8.54. The van der Waals surface area contributed by atoms with Crippen molar-refractivity contribution in [1.29, 1.82) is 0 Å². The van der Waals surface area contributed by atoms with Crippen molar-refractivity contribution in [2.24, 2.45) is 0 Å². The zero-order chi connectivity index (χ0) is 24.0. The van der Waals surface area contributed by atoms with Crippen molar-refractivity contribution in [3.05, 3.63) is 101 Å². The van der Waals surface area contributed by atoms with Crippen molar-refractivity contribution in [3.8, 4) is 5.75 Å². The number of nitrogens with zero attached hydrogens (tertiary/aromatic N) is 1. The third-order valence-corrected chi connectivity index (χ3v) is 8.51. The van der Waals surface area contributed by atoms with E-state index in [4.69, 9.17) is 4.74 Å². The topological polar surface area (TPSA) is 48.5 Å². The molecular weight excluding hydrogens is 432 g/mol. The first kappa shape index (κ1) is 22.4. The number of aliphatic hydroxyl groups is 1. The Hall–Kier alpha value is -3.08. The molecular formula is C31H34N2O2. The lowest BCUT2D eigenvalue weighted by atomic mass is 9.56. The number of rotatable bonds is 5. The van der Waals surface area contributed by atoms with E-state index in [2.05, 4.69) is 83.5 Å². The van der Waals surface area contributed by atoms with Crippen LogP contribution < -0.4 is 4.74 Å². The highest BCUT2D eigenvalue weighted by molar-refractivity contribution is 5.86. The van der Waals surface area contributed by atoms with Gasteiger partial charge in [-0.15, -0.1) is 0 Å². The van der Waals surface area contributed by atoms with E-state index in [0.29, 0.717) is 13.0 Å². The second-order valence-electron chi connectivity index (χ2n) is 10.6. The van der Waals surface area contributed by atoms with Crippen LogP contribution in [0, 0.1) is 6.92 Å². The summed E-state index contributed by atoms with van der Waals surface area (Å²) >= 11 is 0. The van der Waals surface area contributed by atoms with Crippen LogP contribution in [0.2, 0.25) is 0 Å². The van der Waals surface area contributed by atoms with Gasteiger partial charge in [0.15, 0.2) is 0 Å². The smallest absolute Gasteiger partial charge is 0.119 e. The molecule has 2 atom stereocenters. The monoisotopic (exact) mass is 466 g/mol. The van der Waals surface area contributed by atoms with Gasteiger partial charge in [-0.2, -0.15) is 0 Å². The number of benzene rings is 3. The molecule has 2 N–H and O–H groups in total. The molecule has 1 saturated heterocycles. The summed E-state index contributed by atoms with van der Waals surface area (Å²) in [5.74, 6) is 0.851. The van der Waals surface area contributed by atoms with Crippen molar-refractivity contribution in [2.45, 2.75) is 43.6 Å². The van der Waals surface area contributed by atoms with Gasteiger partial charge in [0.25, 0.3) is 0 Å². The second-order valence-corrected chi connectivity index (χ2v) is 10.6. The Bertz CT molecular complexity index is 1360. The summed E-state index contributed by atoms with van der Waals surface area (Å²) in [5, 5.41) is 13.9. The summed E-state index contributed by atoms with van der Waals surface area (Å²) in [5.41, 5.74) is 6.31. The Morgan fingerprint density at radius 2 is 1.86 bits per heavy atom. The zero-order valence-electron chi connectivity index (χ0n) is 20.7. The number of fused-ring (bicyclic) bond motifs is 4. The van der Waals surface area contributed by atoms with Gasteiger partial charge in [0.05, 0.1) is 12.7 Å². The minimum absolute atomic E-state index is 0.353. The lowest BCUT2D eigenvalue weighted by Crippen LogP contribution is -2.66. The number of aryl methyl sites for hydroxylation is 1. The van der Waals surface area contributed by atoms with Crippen LogP contribution >= 0.6 is 0 Å². The summed E-state index contributed by atoms with van der Waals surface area (Å²) < 4.78 is 5.59. The van der Waals surface area contributed by atoms with Crippen LogP contribution in [0.4, 0.5) is 0 Å². The molecule has 2 unspecified atom stereocenters. The molecule has 0 radical (unpaired) electrons.